The molecule has 6 nitrogen and oxygen atoms in total. The van der Waals surface area contributed by atoms with Gasteiger partial charge in [-0.3, -0.25) is 0 Å². The summed E-state index contributed by atoms with van der Waals surface area (Å²) in [5.74, 6) is 2.89. The number of anilines is 3. The van der Waals surface area contributed by atoms with Gasteiger partial charge in [-0.25, -0.2) is 0 Å². The minimum atomic E-state index is 0.676. The Balaban J connectivity index is 2.23. The molecule has 1 unspecified atom stereocenters. The molecule has 1 atom stereocenters. The average Bonchev–Trinajstić information content (AvgIpc) is 2.82. The lowest BCUT2D eigenvalue weighted by Gasteiger charge is -2.19. The van der Waals surface area contributed by atoms with Crippen molar-refractivity contribution >= 4 is 17.8 Å². The van der Waals surface area contributed by atoms with Gasteiger partial charge in [-0.1, -0.05) is 13.8 Å². The maximum atomic E-state index is 4.55. The molecular formula is C13H24N6. The third-order valence-corrected chi connectivity index (χ3v) is 3.25. The smallest absolute Gasteiger partial charge is 0.231 e. The van der Waals surface area contributed by atoms with Gasteiger partial charge in [0.25, 0.3) is 0 Å². The van der Waals surface area contributed by atoms with Crippen molar-refractivity contribution in [2.24, 2.45) is 5.92 Å². The van der Waals surface area contributed by atoms with E-state index in [2.05, 4.69) is 39.0 Å². The lowest BCUT2D eigenvalue weighted by Crippen LogP contribution is -2.24. The Morgan fingerprint density at radius 1 is 1.32 bits per heavy atom. The van der Waals surface area contributed by atoms with Crippen LogP contribution in [0, 0.1) is 5.92 Å². The van der Waals surface area contributed by atoms with E-state index >= 15 is 0 Å². The first-order chi connectivity index (χ1) is 9.10. The van der Waals surface area contributed by atoms with Crippen molar-refractivity contribution in [1.82, 2.24) is 15.0 Å². The number of hydrogen-bond donors (Lipinski definition) is 1. The largest absolute Gasteiger partial charge is 0.354 e. The monoisotopic (exact) mass is 264 g/mol. The van der Waals surface area contributed by atoms with E-state index in [4.69, 9.17) is 0 Å². The topological polar surface area (TPSA) is 57.2 Å². The molecule has 0 saturated carbocycles. The van der Waals surface area contributed by atoms with E-state index in [0.717, 1.165) is 32.0 Å². The molecule has 1 fully saturated rings. The molecule has 1 N–H and O–H groups in total. The molecular weight excluding hydrogens is 240 g/mol. The second-order valence-corrected chi connectivity index (χ2v) is 5.42. The lowest BCUT2D eigenvalue weighted by molar-refractivity contribution is 0.658. The zero-order valence-corrected chi connectivity index (χ0v) is 12.3. The SMILES string of the molecule is CCCNc1nc(N(C)C)nc(N2CCC(C)C2)n1. The summed E-state index contributed by atoms with van der Waals surface area (Å²) < 4.78 is 0. The number of rotatable bonds is 5. The van der Waals surface area contributed by atoms with E-state index in [9.17, 15) is 0 Å². The van der Waals surface area contributed by atoms with Crippen molar-refractivity contribution < 1.29 is 0 Å². The van der Waals surface area contributed by atoms with Crippen molar-refractivity contribution in [1.29, 1.82) is 0 Å². The van der Waals surface area contributed by atoms with E-state index in [1.807, 2.05) is 19.0 Å². The van der Waals surface area contributed by atoms with Crippen LogP contribution in [0.15, 0.2) is 0 Å². The predicted octanol–water partition coefficient (Wildman–Crippen LogP) is 1.61. The van der Waals surface area contributed by atoms with Crippen LogP contribution in [0.2, 0.25) is 0 Å². The minimum Gasteiger partial charge on any atom is -0.354 e. The van der Waals surface area contributed by atoms with Crippen LogP contribution >= 0.6 is 0 Å². The van der Waals surface area contributed by atoms with Gasteiger partial charge in [0, 0.05) is 33.7 Å². The van der Waals surface area contributed by atoms with Crippen LogP contribution in [0.5, 0.6) is 0 Å². The molecule has 1 aliphatic rings. The quantitative estimate of drug-likeness (QED) is 0.872. The van der Waals surface area contributed by atoms with E-state index in [1.165, 1.54) is 6.42 Å². The van der Waals surface area contributed by atoms with Crippen molar-refractivity contribution in [2.45, 2.75) is 26.7 Å². The van der Waals surface area contributed by atoms with Gasteiger partial charge in [-0.05, 0) is 18.8 Å². The molecule has 1 saturated heterocycles. The summed E-state index contributed by atoms with van der Waals surface area (Å²) in [6, 6.07) is 0. The molecule has 0 aromatic carbocycles. The number of nitrogens with one attached hydrogen (secondary N) is 1. The highest BCUT2D eigenvalue weighted by atomic mass is 15.4. The van der Waals surface area contributed by atoms with E-state index in [-0.39, 0.29) is 0 Å². The minimum absolute atomic E-state index is 0.676. The maximum absolute atomic E-state index is 4.55. The van der Waals surface area contributed by atoms with Gasteiger partial charge in [0.15, 0.2) is 0 Å². The number of hydrogen-bond acceptors (Lipinski definition) is 6. The Morgan fingerprint density at radius 2 is 2.11 bits per heavy atom. The lowest BCUT2D eigenvalue weighted by atomic mass is 10.2. The van der Waals surface area contributed by atoms with Crippen LogP contribution < -0.4 is 15.1 Å². The summed E-state index contributed by atoms with van der Waals surface area (Å²) in [6.45, 7) is 7.34. The zero-order chi connectivity index (χ0) is 13.8. The number of nitrogens with zero attached hydrogens (tertiary/aromatic N) is 5. The highest BCUT2D eigenvalue weighted by molar-refractivity contribution is 5.45. The second kappa shape index (κ2) is 6.04. The fraction of sp³-hybridized carbons (Fsp3) is 0.769. The molecule has 0 radical (unpaired) electrons. The van der Waals surface area contributed by atoms with E-state index in [0.29, 0.717) is 17.8 Å². The van der Waals surface area contributed by atoms with Crippen LogP contribution in [0.4, 0.5) is 17.8 Å². The second-order valence-electron chi connectivity index (χ2n) is 5.42. The molecule has 6 heteroatoms. The van der Waals surface area contributed by atoms with Gasteiger partial charge in [-0.15, -0.1) is 0 Å². The highest BCUT2D eigenvalue weighted by Gasteiger charge is 2.22. The van der Waals surface area contributed by atoms with Crippen LogP contribution in [-0.2, 0) is 0 Å². The van der Waals surface area contributed by atoms with Crippen molar-refractivity contribution in [3.63, 3.8) is 0 Å². The highest BCUT2D eigenvalue weighted by Crippen LogP contribution is 2.22. The zero-order valence-electron chi connectivity index (χ0n) is 12.3. The van der Waals surface area contributed by atoms with Gasteiger partial charge < -0.3 is 15.1 Å². The molecule has 2 rings (SSSR count). The summed E-state index contributed by atoms with van der Waals surface area (Å²) in [7, 11) is 3.91. The van der Waals surface area contributed by atoms with Gasteiger partial charge in [0.2, 0.25) is 17.8 Å². The van der Waals surface area contributed by atoms with Crippen molar-refractivity contribution in [3.8, 4) is 0 Å². The molecule has 0 aliphatic carbocycles. The molecule has 0 amide bonds. The average molecular weight is 264 g/mol. The Morgan fingerprint density at radius 3 is 2.68 bits per heavy atom. The molecule has 106 valence electrons. The van der Waals surface area contributed by atoms with Crippen LogP contribution in [0.3, 0.4) is 0 Å². The summed E-state index contributed by atoms with van der Waals surface area (Å²) in [4.78, 5) is 17.7. The Kier molecular flexibility index (Phi) is 4.39. The van der Waals surface area contributed by atoms with Crippen LogP contribution in [0.1, 0.15) is 26.7 Å². The Labute approximate surface area is 115 Å². The molecule has 19 heavy (non-hydrogen) atoms. The molecule has 1 aromatic rings. The molecule has 0 spiro atoms. The van der Waals surface area contributed by atoms with E-state index in [1.54, 1.807) is 0 Å². The fourth-order valence-corrected chi connectivity index (χ4v) is 2.13. The first kappa shape index (κ1) is 13.8. The number of aromatic nitrogens is 3. The fourth-order valence-electron chi connectivity index (χ4n) is 2.13. The third kappa shape index (κ3) is 3.45. The van der Waals surface area contributed by atoms with Gasteiger partial charge in [0.05, 0.1) is 0 Å². The summed E-state index contributed by atoms with van der Waals surface area (Å²) in [6.07, 6.45) is 2.26. The summed E-state index contributed by atoms with van der Waals surface area (Å²) >= 11 is 0. The Bertz CT molecular complexity index is 420. The first-order valence-electron chi connectivity index (χ1n) is 7.02. The van der Waals surface area contributed by atoms with Crippen LogP contribution in [-0.4, -0.2) is 48.7 Å². The first-order valence-corrected chi connectivity index (χ1v) is 7.02. The van der Waals surface area contributed by atoms with Crippen molar-refractivity contribution in [2.75, 3.05) is 48.8 Å². The van der Waals surface area contributed by atoms with Crippen LogP contribution in [0.25, 0.3) is 0 Å². The van der Waals surface area contributed by atoms with E-state index < -0.39 is 0 Å². The Hall–Kier alpha value is -1.59. The standard InChI is InChI=1S/C13H24N6/c1-5-7-14-11-15-12(18(3)4)17-13(16-11)19-8-6-10(2)9-19/h10H,5-9H2,1-4H3,(H,14,15,16,17). The molecule has 0 bridgehead atoms. The van der Waals surface area contributed by atoms with Gasteiger partial charge in [-0.2, -0.15) is 15.0 Å². The molecule has 2 heterocycles. The molecule has 1 aliphatic heterocycles. The predicted molar refractivity (Wildman–Crippen MR) is 78.9 cm³/mol. The summed E-state index contributed by atoms with van der Waals surface area (Å²) in [5, 5.41) is 3.25. The van der Waals surface area contributed by atoms with Crippen molar-refractivity contribution in [3.05, 3.63) is 0 Å². The third-order valence-electron chi connectivity index (χ3n) is 3.25. The normalized spacial score (nSPS) is 18.7. The summed E-state index contributed by atoms with van der Waals surface area (Å²) in [5.41, 5.74) is 0. The maximum Gasteiger partial charge on any atom is 0.231 e. The van der Waals surface area contributed by atoms with Gasteiger partial charge >= 0.3 is 0 Å². The van der Waals surface area contributed by atoms with Gasteiger partial charge in [0.1, 0.15) is 0 Å². The molecule has 1 aromatic heterocycles.